The molecule has 0 radical (unpaired) electrons. The molecule has 2 aromatic rings. The van der Waals surface area contributed by atoms with Gasteiger partial charge in [0.15, 0.2) is 5.76 Å². The van der Waals surface area contributed by atoms with Gasteiger partial charge in [-0.15, -0.1) is 0 Å². The first-order valence-electron chi connectivity index (χ1n) is 7.70. The highest BCUT2D eigenvalue weighted by atomic mass is 19.1. The van der Waals surface area contributed by atoms with Crippen LogP contribution in [0.2, 0.25) is 0 Å². The van der Waals surface area contributed by atoms with Gasteiger partial charge in [0.05, 0.1) is 12.0 Å². The molecular weight excluding hydrogens is 297 g/mol. The van der Waals surface area contributed by atoms with Crippen LogP contribution in [0.15, 0.2) is 41.0 Å². The molecule has 1 N–H and O–H groups in total. The van der Waals surface area contributed by atoms with Gasteiger partial charge in [0.25, 0.3) is 5.91 Å². The lowest BCUT2D eigenvalue weighted by atomic mass is 10.1. The van der Waals surface area contributed by atoms with Gasteiger partial charge in [0, 0.05) is 32.7 Å². The van der Waals surface area contributed by atoms with Crippen molar-refractivity contribution in [2.24, 2.45) is 0 Å². The summed E-state index contributed by atoms with van der Waals surface area (Å²) in [6, 6.07) is 8.52. The van der Waals surface area contributed by atoms with Crippen molar-refractivity contribution in [2.75, 3.05) is 38.1 Å². The van der Waals surface area contributed by atoms with Gasteiger partial charge >= 0.3 is 0 Å². The fraction of sp³-hybridized carbons (Fsp3) is 0.353. The number of nitrogens with one attached hydrogen (secondary N) is 1. The summed E-state index contributed by atoms with van der Waals surface area (Å²) in [7, 11) is 1.86. The SMILES string of the molecule is CNCc1ccc(F)c(N2CCN(C(=O)c3ccco3)CC2)c1. The molecule has 5 nitrogen and oxygen atoms in total. The predicted molar refractivity (Wildman–Crippen MR) is 86.0 cm³/mol. The summed E-state index contributed by atoms with van der Waals surface area (Å²) in [6.07, 6.45) is 1.49. The molecule has 6 heteroatoms. The summed E-state index contributed by atoms with van der Waals surface area (Å²) in [5.41, 5.74) is 1.64. The summed E-state index contributed by atoms with van der Waals surface area (Å²) >= 11 is 0. The van der Waals surface area contributed by atoms with E-state index in [2.05, 4.69) is 5.32 Å². The van der Waals surface area contributed by atoms with Gasteiger partial charge in [0.1, 0.15) is 5.82 Å². The lowest BCUT2D eigenvalue weighted by Crippen LogP contribution is -2.49. The topological polar surface area (TPSA) is 48.7 Å². The average Bonchev–Trinajstić information content (AvgIpc) is 3.11. The third-order valence-corrected chi connectivity index (χ3v) is 4.03. The van der Waals surface area contributed by atoms with Gasteiger partial charge in [-0.2, -0.15) is 0 Å². The van der Waals surface area contributed by atoms with Crippen molar-refractivity contribution in [3.05, 3.63) is 53.7 Å². The second-order valence-corrected chi connectivity index (χ2v) is 5.57. The zero-order chi connectivity index (χ0) is 16.2. The Morgan fingerprint density at radius 2 is 2.04 bits per heavy atom. The van der Waals surface area contributed by atoms with Crippen molar-refractivity contribution < 1.29 is 13.6 Å². The third-order valence-electron chi connectivity index (χ3n) is 4.03. The maximum Gasteiger partial charge on any atom is 0.289 e. The van der Waals surface area contributed by atoms with E-state index < -0.39 is 0 Å². The van der Waals surface area contributed by atoms with Gasteiger partial charge in [-0.3, -0.25) is 4.79 Å². The van der Waals surface area contributed by atoms with E-state index in [0.29, 0.717) is 44.2 Å². The molecule has 0 atom stereocenters. The van der Waals surface area contributed by atoms with Crippen LogP contribution in [-0.2, 0) is 6.54 Å². The summed E-state index contributed by atoms with van der Waals surface area (Å²) in [6.45, 7) is 3.01. The van der Waals surface area contributed by atoms with E-state index in [1.165, 1.54) is 12.3 Å². The molecule has 23 heavy (non-hydrogen) atoms. The van der Waals surface area contributed by atoms with Crippen molar-refractivity contribution in [3.8, 4) is 0 Å². The first-order valence-corrected chi connectivity index (χ1v) is 7.70. The lowest BCUT2D eigenvalue weighted by Gasteiger charge is -2.36. The monoisotopic (exact) mass is 317 g/mol. The van der Waals surface area contributed by atoms with E-state index in [1.54, 1.807) is 23.1 Å². The zero-order valence-electron chi connectivity index (χ0n) is 13.1. The normalized spacial score (nSPS) is 15.0. The van der Waals surface area contributed by atoms with E-state index in [-0.39, 0.29) is 11.7 Å². The molecule has 1 aliphatic rings. The van der Waals surface area contributed by atoms with Gasteiger partial charge in [0.2, 0.25) is 0 Å². The van der Waals surface area contributed by atoms with Crippen molar-refractivity contribution in [1.29, 1.82) is 0 Å². The Hall–Kier alpha value is -2.34. The molecule has 122 valence electrons. The van der Waals surface area contributed by atoms with Crippen LogP contribution in [0.5, 0.6) is 0 Å². The van der Waals surface area contributed by atoms with E-state index >= 15 is 0 Å². The van der Waals surface area contributed by atoms with Crippen LogP contribution in [0.1, 0.15) is 16.1 Å². The Bertz CT molecular complexity index is 664. The molecule has 1 amide bonds. The van der Waals surface area contributed by atoms with E-state index in [0.717, 1.165) is 5.56 Å². The maximum atomic E-state index is 14.1. The minimum atomic E-state index is -0.226. The Morgan fingerprint density at radius 3 is 2.70 bits per heavy atom. The Morgan fingerprint density at radius 1 is 1.26 bits per heavy atom. The fourth-order valence-corrected chi connectivity index (χ4v) is 2.82. The van der Waals surface area contributed by atoms with Crippen LogP contribution in [0, 0.1) is 5.82 Å². The molecule has 1 aromatic carbocycles. The zero-order valence-corrected chi connectivity index (χ0v) is 13.1. The molecule has 1 aromatic heterocycles. The molecule has 1 fully saturated rings. The van der Waals surface area contributed by atoms with E-state index in [9.17, 15) is 9.18 Å². The van der Waals surface area contributed by atoms with Gasteiger partial charge in [-0.05, 0) is 36.9 Å². The molecule has 0 spiro atoms. The Kier molecular flexibility index (Phi) is 4.62. The number of nitrogens with zero attached hydrogens (tertiary/aromatic N) is 2. The number of carbonyl (C=O) groups is 1. The number of piperazine rings is 1. The molecule has 3 rings (SSSR count). The van der Waals surface area contributed by atoms with E-state index in [4.69, 9.17) is 4.42 Å². The molecular formula is C17H20FN3O2. The molecule has 0 unspecified atom stereocenters. The number of amides is 1. The number of carbonyl (C=O) groups excluding carboxylic acids is 1. The number of rotatable bonds is 4. The van der Waals surface area contributed by atoms with Gasteiger partial charge in [-0.1, -0.05) is 6.07 Å². The molecule has 2 heterocycles. The second-order valence-electron chi connectivity index (χ2n) is 5.57. The first-order chi connectivity index (χ1) is 11.2. The number of hydrogen-bond donors (Lipinski definition) is 1. The molecule has 0 bridgehead atoms. The Labute approximate surface area is 134 Å². The smallest absolute Gasteiger partial charge is 0.289 e. The highest BCUT2D eigenvalue weighted by Crippen LogP contribution is 2.23. The maximum absolute atomic E-state index is 14.1. The minimum Gasteiger partial charge on any atom is -0.459 e. The Balaban J connectivity index is 1.67. The molecule has 0 aliphatic carbocycles. The van der Waals surface area contributed by atoms with Crippen molar-refractivity contribution in [1.82, 2.24) is 10.2 Å². The van der Waals surface area contributed by atoms with Crippen molar-refractivity contribution in [3.63, 3.8) is 0 Å². The summed E-state index contributed by atoms with van der Waals surface area (Å²) in [5.74, 6) is 0.00960. The molecule has 1 aliphatic heterocycles. The average molecular weight is 317 g/mol. The largest absolute Gasteiger partial charge is 0.459 e. The van der Waals surface area contributed by atoms with Gasteiger partial charge < -0.3 is 19.5 Å². The van der Waals surface area contributed by atoms with Gasteiger partial charge in [-0.25, -0.2) is 4.39 Å². The number of furan rings is 1. The van der Waals surface area contributed by atoms with Crippen LogP contribution in [0.25, 0.3) is 0 Å². The van der Waals surface area contributed by atoms with Crippen LogP contribution < -0.4 is 10.2 Å². The van der Waals surface area contributed by atoms with E-state index in [1.807, 2.05) is 18.0 Å². The quantitative estimate of drug-likeness (QED) is 0.938. The van der Waals surface area contributed by atoms with Crippen LogP contribution in [0.3, 0.4) is 0 Å². The summed E-state index contributed by atoms with van der Waals surface area (Å²) in [4.78, 5) is 16.0. The number of hydrogen-bond acceptors (Lipinski definition) is 4. The highest BCUT2D eigenvalue weighted by Gasteiger charge is 2.25. The number of anilines is 1. The minimum absolute atomic E-state index is 0.112. The van der Waals surface area contributed by atoms with Crippen LogP contribution >= 0.6 is 0 Å². The predicted octanol–water partition coefficient (Wildman–Crippen LogP) is 2.10. The number of halogens is 1. The fourth-order valence-electron chi connectivity index (χ4n) is 2.82. The summed E-state index contributed by atoms with van der Waals surface area (Å²) < 4.78 is 19.3. The van der Waals surface area contributed by atoms with Crippen molar-refractivity contribution in [2.45, 2.75) is 6.54 Å². The first kappa shape index (κ1) is 15.6. The lowest BCUT2D eigenvalue weighted by molar-refractivity contribution is 0.0714. The third kappa shape index (κ3) is 3.37. The standard InChI is InChI=1S/C17H20FN3O2/c1-19-12-13-4-5-14(18)15(11-13)20-6-8-21(9-7-20)17(22)16-3-2-10-23-16/h2-5,10-11,19H,6-9,12H2,1H3. The molecule has 0 saturated carbocycles. The summed E-state index contributed by atoms with van der Waals surface area (Å²) in [5, 5.41) is 3.07. The van der Waals surface area contributed by atoms with Crippen LogP contribution in [-0.4, -0.2) is 44.0 Å². The second kappa shape index (κ2) is 6.83. The van der Waals surface area contributed by atoms with Crippen molar-refractivity contribution >= 4 is 11.6 Å². The highest BCUT2D eigenvalue weighted by molar-refractivity contribution is 5.91. The van der Waals surface area contributed by atoms with Crippen LogP contribution in [0.4, 0.5) is 10.1 Å². The molecule has 1 saturated heterocycles. The number of benzene rings is 1.